The van der Waals surface area contributed by atoms with Gasteiger partial charge in [-0.25, -0.2) is 0 Å². The standard InChI is InChI=1S/C61H42P2Se2/c64-62(47-17-5-1-6-18-47,48-19-7-2-8-20-48)51-35-29-43(30-36-51)45-33-39-55-53-25-13-15-27-57(53)61(59(55)41-45)58-28-16-14-26-54(58)56-40-34-46(42-60(56)61)44-31-37-52(38-32-44)63(65,49-21-9-3-10-22-49)50-23-11-4-12-24-50/h1-42H/i13D,14D,15D,16D,25D,26D,27D,28D,33D,34D,39D,40D,41D,42D. The van der Waals surface area contributed by atoms with E-state index in [2.05, 4.69) is 78.7 Å². The average molecular weight is 1010 g/mol. The molecule has 0 bridgehead atoms. The van der Waals surface area contributed by atoms with Gasteiger partial charge < -0.3 is 0 Å². The molecule has 0 saturated heterocycles. The van der Waals surface area contributed by atoms with Crippen LogP contribution in [0.2, 0.25) is 0 Å². The maximum absolute atomic E-state index is 10.5. The molecule has 0 saturated carbocycles. The third-order valence-electron chi connectivity index (χ3n) is 12.5. The monoisotopic (exact) mass is 1010 g/mol. The molecule has 0 nitrogen and oxygen atoms in total. The van der Waals surface area contributed by atoms with Crippen molar-refractivity contribution in [2.24, 2.45) is 0 Å². The number of hydrogen-bond acceptors (Lipinski definition) is 0. The summed E-state index contributed by atoms with van der Waals surface area (Å²) in [7, 11) is 0. The van der Waals surface area contributed by atoms with E-state index in [1.807, 2.05) is 97.1 Å². The Labute approximate surface area is 416 Å². The van der Waals surface area contributed by atoms with Crippen LogP contribution in [0.25, 0.3) is 44.5 Å². The van der Waals surface area contributed by atoms with E-state index in [1.54, 1.807) is 24.3 Å². The van der Waals surface area contributed by atoms with Crippen LogP contribution in [0.5, 0.6) is 0 Å². The van der Waals surface area contributed by atoms with Crippen LogP contribution >= 0.6 is 11.0 Å². The molecule has 0 amide bonds. The van der Waals surface area contributed by atoms with E-state index in [0.29, 0.717) is 11.1 Å². The molecule has 2 aliphatic carbocycles. The summed E-state index contributed by atoms with van der Waals surface area (Å²) in [6.45, 7) is 0. The van der Waals surface area contributed by atoms with Crippen LogP contribution < -0.4 is 31.8 Å². The van der Waals surface area contributed by atoms with Crippen LogP contribution in [0.4, 0.5) is 0 Å². The maximum atomic E-state index is 10.5. The van der Waals surface area contributed by atoms with Gasteiger partial charge in [0.25, 0.3) is 0 Å². The Hall–Kier alpha value is -5.90. The van der Waals surface area contributed by atoms with E-state index < -0.39 is 101 Å². The fraction of sp³-hybridized carbons (Fsp3) is 0.0164. The number of hydrogen-bond donors (Lipinski definition) is 0. The molecule has 0 heterocycles. The normalized spacial score (nSPS) is 16.2. The summed E-state index contributed by atoms with van der Waals surface area (Å²) in [6, 6.07) is 46.9. The molecule has 10 aromatic rings. The molecule has 0 radical (unpaired) electrons. The number of rotatable bonds is 8. The first-order valence-corrected chi connectivity index (χ1v) is 29.0. The molecule has 0 aromatic heterocycles. The predicted molar refractivity (Wildman–Crippen MR) is 283 cm³/mol. The molecular weight excluding hydrogens is 953 g/mol. The van der Waals surface area contributed by atoms with E-state index >= 15 is 0 Å². The molecule has 10 aromatic carbocycles. The molecule has 0 unspecified atom stereocenters. The van der Waals surface area contributed by atoms with Crippen LogP contribution in [-0.2, 0) is 5.41 Å². The summed E-state index contributed by atoms with van der Waals surface area (Å²) in [5.74, 6) is 0. The zero-order chi connectivity index (χ0) is 55.8. The van der Waals surface area contributed by atoms with Crippen LogP contribution in [0.1, 0.15) is 41.4 Å². The van der Waals surface area contributed by atoms with Crippen molar-refractivity contribution in [2.75, 3.05) is 0 Å². The van der Waals surface area contributed by atoms with E-state index in [0.717, 1.165) is 31.8 Å². The van der Waals surface area contributed by atoms with E-state index in [1.165, 1.54) is 0 Å². The average Bonchev–Trinajstić information content (AvgIpc) is 3.25. The molecule has 0 fully saturated rings. The van der Waals surface area contributed by atoms with Crippen LogP contribution in [0.15, 0.2) is 254 Å². The molecule has 0 atom stereocenters. The summed E-state index contributed by atoms with van der Waals surface area (Å²) >= 11 is 7.10. The second-order valence-corrected chi connectivity index (χ2v) is 28.3. The van der Waals surface area contributed by atoms with E-state index in [-0.39, 0.29) is 55.6 Å². The minimum absolute atomic E-state index is 0.0532. The Morgan fingerprint density at radius 1 is 0.292 bits per heavy atom. The Morgan fingerprint density at radius 3 is 0.923 bits per heavy atom. The van der Waals surface area contributed by atoms with Gasteiger partial charge in [0, 0.05) is 0 Å². The SMILES string of the molecule is [2H]c1c([2H])c([2H])c2c(c1[2H])-c1c([2H])c([2H])c(-c3ccc(P(=[Se])(c4ccccc4)c4ccccc4)cc3)c([2H])c1C21c2c([2H])c([2H])c([2H])c([2H])c2-c2c([2H])c([2H])c(-c3ccc(P(=[Se])(c4ccccc4)c4ccccc4)cc3)c([2H])c21. The van der Waals surface area contributed by atoms with Gasteiger partial charge in [-0.3, -0.25) is 0 Å². The Bertz CT molecular complexity index is 3970. The van der Waals surface area contributed by atoms with Crippen molar-refractivity contribution in [1.82, 2.24) is 0 Å². The van der Waals surface area contributed by atoms with Crippen molar-refractivity contribution in [2.45, 2.75) is 5.41 Å². The Morgan fingerprint density at radius 2 is 0.585 bits per heavy atom. The Balaban J connectivity index is 1.17. The fourth-order valence-electron chi connectivity index (χ4n) is 9.47. The van der Waals surface area contributed by atoms with Gasteiger partial charge >= 0.3 is 413 Å². The molecule has 0 N–H and O–H groups in total. The topological polar surface area (TPSA) is 0 Å². The zero-order valence-corrected chi connectivity index (χ0v) is 39.6. The summed E-state index contributed by atoms with van der Waals surface area (Å²) in [4.78, 5) is 0. The predicted octanol–water partition coefficient (Wildman–Crippen LogP) is 12.1. The van der Waals surface area contributed by atoms with Crippen LogP contribution in [-0.4, -0.2) is 30.2 Å². The molecule has 2 aliphatic rings. The second-order valence-electron chi connectivity index (χ2n) is 15.9. The minimum atomic E-state index is -2.40. The van der Waals surface area contributed by atoms with Crippen molar-refractivity contribution >= 4 is 73.0 Å². The van der Waals surface area contributed by atoms with Gasteiger partial charge in [0.15, 0.2) is 0 Å². The zero-order valence-electron chi connectivity index (χ0n) is 48.4. The molecule has 308 valence electrons. The van der Waals surface area contributed by atoms with E-state index in [4.69, 9.17) is 2.74 Å². The van der Waals surface area contributed by atoms with Gasteiger partial charge in [-0.05, 0) is 0 Å². The van der Waals surface area contributed by atoms with Crippen molar-refractivity contribution < 1.29 is 19.2 Å². The molecule has 1 spiro atoms. The quantitative estimate of drug-likeness (QED) is 0.105. The van der Waals surface area contributed by atoms with Gasteiger partial charge in [0.05, 0.1) is 5.48 Å². The molecule has 12 rings (SSSR count). The molecule has 4 heteroatoms. The van der Waals surface area contributed by atoms with E-state index in [9.17, 15) is 16.4 Å². The van der Waals surface area contributed by atoms with Crippen molar-refractivity contribution in [3.63, 3.8) is 0 Å². The second kappa shape index (κ2) is 16.2. The number of fused-ring (bicyclic) bond motifs is 10. The van der Waals surface area contributed by atoms with Crippen molar-refractivity contribution in [1.29, 1.82) is 0 Å². The van der Waals surface area contributed by atoms with Gasteiger partial charge in [0.1, 0.15) is 0 Å². The first kappa shape index (κ1) is 28.2. The first-order chi connectivity index (χ1) is 37.8. The molecular formula is C61H42P2Se2. The van der Waals surface area contributed by atoms with Gasteiger partial charge in [-0.15, -0.1) is 0 Å². The molecule has 65 heavy (non-hydrogen) atoms. The van der Waals surface area contributed by atoms with Gasteiger partial charge in [0.2, 0.25) is 0 Å². The van der Waals surface area contributed by atoms with Gasteiger partial charge in [-0.2, -0.15) is 0 Å². The van der Waals surface area contributed by atoms with Crippen LogP contribution in [0, 0.1) is 0 Å². The summed E-state index contributed by atoms with van der Waals surface area (Å²) in [6.07, 6.45) is 0. The summed E-state index contributed by atoms with van der Waals surface area (Å²) < 4.78 is 136. The number of benzene rings is 10. The van der Waals surface area contributed by atoms with Gasteiger partial charge in [-0.1, -0.05) is 0 Å². The third-order valence-corrected chi connectivity index (χ3v) is 26.6. The third kappa shape index (κ3) is 6.32. The van der Waals surface area contributed by atoms with Crippen LogP contribution in [0.3, 0.4) is 0 Å². The summed E-state index contributed by atoms with van der Waals surface area (Å²) in [5, 5.41) is 6.12. The van der Waals surface area contributed by atoms with Crippen molar-refractivity contribution in [3.05, 3.63) is 277 Å². The Kier molecular flexibility index (Phi) is 7.03. The molecule has 0 aliphatic heterocycles. The first-order valence-electron chi connectivity index (χ1n) is 28.0. The fourth-order valence-corrected chi connectivity index (χ4v) is 19.4. The summed E-state index contributed by atoms with van der Waals surface area (Å²) in [5.41, 5.74) is -8.50. The van der Waals surface area contributed by atoms with Crippen molar-refractivity contribution in [3.8, 4) is 44.5 Å².